The maximum atomic E-state index is 4.25. The monoisotopic (exact) mass is 282 g/mol. The number of aliphatic imine (C=N–C) groups is 1. The van der Waals surface area contributed by atoms with E-state index in [0.29, 0.717) is 12.0 Å². The van der Waals surface area contributed by atoms with E-state index in [-0.39, 0.29) is 0 Å². The van der Waals surface area contributed by atoms with E-state index < -0.39 is 0 Å². The van der Waals surface area contributed by atoms with E-state index in [2.05, 4.69) is 66.0 Å². The fourth-order valence-electron chi connectivity index (χ4n) is 1.73. The quantitative estimate of drug-likeness (QED) is 0.620. The lowest BCUT2D eigenvalue weighted by molar-refractivity contribution is 0.302. The molecule has 0 aliphatic carbocycles. The first-order valence-electron chi connectivity index (χ1n) is 6.69. The van der Waals surface area contributed by atoms with Crippen molar-refractivity contribution in [1.82, 2.24) is 15.5 Å². The predicted molar refractivity (Wildman–Crippen MR) is 84.9 cm³/mol. The van der Waals surface area contributed by atoms with Gasteiger partial charge in [-0.2, -0.15) is 0 Å². The highest BCUT2D eigenvalue weighted by Gasteiger charge is 2.15. The van der Waals surface area contributed by atoms with Gasteiger partial charge in [-0.1, -0.05) is 19.9 Å². The van der Waals surface area contributed by atoms with E-state index in [1.54, 1.807) is 11.3 Å². The Morgan fingerprint density at radius 1 is 1.32 bits per heavy atom. The average molecular weight is 282 g/mol. The molecule has 1 atom stereocenters. The zero-order valence-corrected chi connectivity index (χ0v) is 13.4. The van der Waals surface area contributed by atoms with Crippen molar-refractivity contribution in [3.63, 3.8) is 0 Å². The predicted octanol–water partition coefficient (Wildman–Crippen LogP) is 2.17. The van der Waals surface area contributed by atoms with Gasteiger partial charge in [-0.05, 0) is 31.5 Å². The Morgan fingerprint density at radius 2 is 2.00 bits per heavy atom. The Bertz CT molecular complexity index is 371. The summed E-state index contributed by atoms with van der Waals surface area (Å²) in [4.78, 5) is 7.85. The van der Waals surface area contributed by atoms with Crippen molar-refractivity contribution in [2.75, 3.05) is 34.2 Å². The van der Waals surface area contributed by atoms with Crippen LogP contribution in [0.5, 0.6) is 0 Å². The molecule has 1 unspecified atom stereocenters. The van der Waals surface area contributed by atoms with Crippen LogP contribution < -0.4 is 10.6 Å². The standard InChI is InChI=1S/C14H26N4S/c1-11(2)9-16-14(15-3)17-10-12(18(4)5)13-7-6-8-19-13/h6-8,11-12H,9-10H2,1-5H3,(H2,15,16,17). The van der Waals surface area contributed by atoms with E-state index in [0.717, 1.165) is 19.0 Å². The number of nitrogens with one attached hydrogen (secondary N) is 2. The third kappa shape index (κ3) is 5.61. The molecule has 5 heteroatoms. The van der Waals surface area contributed by atoms with Gasteiger partial charge in [0.15, 0.2) is 5.96 Å². The first-order chi connectivity index (χ1) is 9.04. The molecular weight excluding hydrogens is 256 g/mol. The van der Waals surface area contributed by atoms with E-state index in [1.807, 2.05) is 7.05 Å². The van der Waals surface area contributed by atoms with Crippen LogP contribution in [0.2, 0.25) is 0 Å². The van der Waals surface area contributed by atoms with Crippen LogP contribution in [0.3, 0.4) is 0 Å². The number of hydrogen-bond donors (Lipinski definition) is 2. The average Bonchev–Trinajstić information content (AvgIpc) is 2.86. The summed E-state index contributed by atoms with van der Waals surface area (Å²) in [5.74, 6) is 1.48. The van der Waals surface area contributed by atoms with Crippen LogP contribution in [0.15, 0.2) is 22.5 Å². The summed E-state index contributed by atoms with van der Waals surface area (Å²) in [5.41, 5.74) is 0. The molecule has 108 valence electrons. The summed E-state index contributed by atoms with van der Waals surface area (Å²) in [6.07, 6.45) is 0. The summed E-state index contributed by atoms with van der Waals surface area (Å²) < 4.78 is 0. The van der Waals surface area contributed by atoms with Gasteiger partial charge in [-0.3, -0.25) is 4.99 Å². The summed E-state index contributed by atoms with van der Waals surface area (Å²) in [6, 6.07) is 4.65. The SMILES string of the molecule is CN=C(NCC(C)C)NCC(c1cccs1)N(C)C. The normalized spacial score (nSPS) is 13.9. The minimum absolute atomic E-state index is 0.373. The van der Waals surface area contributed by atoms with E-state index in [1.165, 1.54) is 4.88 Å². The highest BCUT2D eigenvalue weighted by molar-refractivity contribution is 7.10. The fourth-order valence-corrected chi connectivity index (χ4v) is 2.66. The molecule has 0 aromatic carbocycles. The second-order valence-electron chi connectivity index (χ2n) is 5.22. The molecule has 0 bridgehead atoms. The van der Waals surface area contributed by atoms with E-state index in [9.17, 15) is 0 Å². The minimum Gasteiger partial charge on any atom is -0.356 e. The molecule has 1 aromatic rings. The third-order valence-corrected chi connectivity index (χ3v) is 3.83. The lowest BCUT2D eigenvalue weighted by Gasteiger charge is -2.24. The minimum atomic E-state index is 0.373. The number of rotatable bonds is 6. The summed E-state index contributed by atoms with van der Waals surface area (Å²) in [6.45, 7) is 6.17. The number of nitrogens with zero attached hydrogens (tertiary/aromatic N) is 2. The number of hydrogen-bond acceptors (Lipinski definition) is 3. The van der Waals surface area contributed by atoms with Gasteiger partial charge < -0.3 is 15.5 Å². The number of thiophene rings is 1. The molecule has 4 nitrogen and oxygen atoms in total. The zero-order chi connectivity index (χ0) is 14.3. The van der Waals surface area contributed by atoms with Crippen LogP contribution in [-0.2, 0) is 0 Å². The maximum Gasteiger partial charge on any atom is 0.191 e. The molecule has 2 N–H and O–H groups in total. The van der Waals surface area contributed by atoms with Crippen molar-refractivity contribution < 1.29 is 0 Å². The molecule has 1 heterocycles. The highest BCUT2D eigenvalue weighted by atomic mass is 32.1. The molecule has 1 aromatic heterocycles. The molecule has 0 amide bonds. The highest BCUT2D eigenvalue weighted by Crippen LogP contribution is 2.22. The summed E-state index contributed by atoms with van der Waals surface area (Å²) in [5, 5.41) is 8.85. The Labute approximate surface area is 120 Å². The Kier molecular flexibility index (Phi) is 6.87. The van der Waals surface area contributed by atoms with Crippen molar-refractivity contribution in [3.8, 4) is 0 Å². The Morgan fingerprint density at radius 3 is 2.47 bits per heavy atom. The van der Waals surface area contributed by atoms with Gasteiger partial charge in [0.25, 0.3) is 0 Å². The van der Waals surface area contributed by atoms with Crippen LogP contribution in [0.4, 0.5) is 0 Å². The molecule has 0 spiro atoms. The molecular formula is C14H26N4S. The second kappa shape index (κ2) is 8.17. The van der Waals surface area contributed by atoms with Gasteiger partial charge in [0.05, 0.1) is 6.04 Å². The van der Waals surface area contributed by atoms with Crippen molar-refractivity contribution in [2.45, 2.75) is 19.9 Å². The number of likely N-dealkylation sites (N-methyl/N-ethyl adjacent to an activating group) is 1. The first kappa shape index (κ1) is 16.0. The van der Waals surface area contributed by atoms with E-state index in [4.69, 9.17) is 0 Å². The Balaban J connectivity index is 2.52. The van der Waals surface area contributed by atoms with Crippen LogP contribution in [-0.4, -0.2) is 45.1 Å². The largest absolute Gasteiger partial charge is 0.356 e. The van der Waals surface area contributed by atoms with E-state index >= 15 is 0 Å². The number of guanidine groups is 1. The second-order valence-corrected chi connectivity index (χ2v) is 6.20. The molecule has 1 rings (SSSR count). The van der Waals surface area contributed by atoms with Crippen molar-refractivity contribution in [3.05, 3.63) is 22.4 Å². The first-order valence-corrected chi connectivity index (χ1v) is 7.57. The molecule has 0 radical (unpaired) electrons. The van der Waals surface area contributed by atoms with Crippen molar-refractivity contribution in [1.29, 1.82) is 0 Å². The summed E-state index contributed by atoms with van der Waals surface area (Å²) in [7, 11) is 6.03. The molecule has 0 fully saturated rings. The van der Waals surface area contributed by atoms with Crippen LogP contribution in [0.25, 0.3) is 0 Å². The van der Waals surface area contributed by atoms with Crippen LogP contribution in [0.1, 0.15) is 24.8 Å². The van der Waals surface area contributed by atoms with Gasteiger partial charge in [-0.25, -0.2) is 0 Å². The van der Waals surface area contributed by atoms with Gasteiger partial charge in [-0.15, -0.1) is 11.3 Å². The summed E-state index contributed by atoms with van der Waals surface area (Å²) >= 11 is 1.79. The molecule has 0 saturated carbocycles. The van der Waals surface area contributed by atoms with Gasteiger partial charge in [0.2, 0.25) is 0 Å². The molecule has 0 aliphatic heterocycles. The molecule has 19 heavy (non-hydrogen) atoms. The maximum absolute atomic E-state index is 4.25. The van der Waals surface area contributed by atoms with Gasteiger partial charge >= 0.3 is 0 Å². The Hall–Kier alpha value is -1.07. The van der Waals surface area contributed by atoms with Crippen molar-refractivity contribution in [2.24, 2.45) is 10.9 Å². The van der Waals surface area contributed by atoms with Crippen LogP contribution in [0, 0.1) is 5.92 Å². The van der Waals surface area contributed by atoms with Crippen LogP contribution >= 0.6 is 11.3 Å². The zero-order valence-electron chi connectivity index (χ0n) is 12.6. The third-order valence-electron chi connectivity index (χ3n) is 2.86. The molecule has 0 saturated heterocycles. The fraction of sp³-hybridized carbons (Fsp3) is 0.643. The van der Waals surface area contributed by atoms with Gasteiger partial charge in [0, 0.05) is 25.0 Å². The lowest BCUT2D eigenvalue weighted by Crippen LogP contribution is -2.42. The smallest absolute Gasteiger partial charge is 0.191 e. The van der Waals surface area contributed by atoms with Gasteiger partial charge in [0.1, 0.15) is 0 Å². The lowest BCUT2D eigenvalue weighted by atomic mass is 10.2. The van der Waals surface area contributed by atoms with Crippen molar-refractivity contribution >= 4 is 17.3 Å². The molecule has 0 aliphatic rings. The topological polar surface area (TPSA) is 39.7 Å².